The number of carbonyl (C=O) groups is 4. The van der Waals surface area contributed by atoms with Gasteiger partial charge in [-0.2, -0.15) is 0 Å². The first-order valence-corrected chi connectivity index (χ1v) is 11.3. The van der Waals surface area contributed by atoms with Gasteiger partial charge in [0.15, 0.2) is 6.61 Å². The van der Waals surface area contributed by atoms with Crippen molar-refractivity contribution in [1.82, 2.24) is 0 Å². The average molecular weight is 471 g/mol. The van der Waals surface area contributed by atoms with Crippen molar-refractivity contribution in [3.05, 3.63) is 94.0 Å². The summed E-state index contributed by atoms with van der Waals surface area (Å²) in [7, 11) is 0. The van der Waals surface area contributed by atoms with Gasteiger partial charge in [-0.15, -0.1) is 0 Å². The molecule has 0 spiro atoms. The maximum absolute atomic E-state index is 13.1. The zero-order chi connectivity index (χ0) is 25.3. The van der Waals surface area contributed by atoms with E-state index in [1.165, 1.54) is 18.2 Å². The van der Waals surface area contributed by atoms with Crippen LogP contribution in [0.25, 0.3) is 0 Å². The molecule has 3 aromatic rings. The largest absolute Gasteiger partial charge is 0.452 e. The fraction of sp³-hybridized carbons (Fsp3) is 0.214. The van der Waals surface area contributed by atoms with E-state index in [9.17, 15) is 19.2 Å². The fourth-order valence-electron chi connectivity index (χ4n) is 4.06. The summed E-state index contributed by atoms with van der Waals surface area (Å²) in [5, 5.41) is 2.77. The molecule has 7 heteroatoms. The van der Waals surface area contributed by atoms with E-state index in [0.29, 0.717) is 11.4 Å². The Kier molecular flexibility index (Phi) is 6.51. The second-order valence-electron chi connectivity index (χ2n) is 8.86. The summed E-state index contributed by atoms with van der Waals surface area (Å²) in [4.78, 5) is 52.1. The van der Waals surface area contributed by atoms with E-state index in [-0.39, 0.29) is 22.6 Å². The fourth-order valence-corrected chi connectivity index (χ4v) is 4.06. The van der Waals surface area contributed by atoms with E-state index in [0.717, 1.165) is 21.6 Å². The van der Waals surface area contributed by atoms with Gasteiger partial charge in [-0.05, 0) is 66.8 Å². The highest BCUT2D eigenvalue weighted by molar-refractivity contribution is 6.35. The highest BCUT2D eigenvalue weighted by Crippen LogP contribution is 2.32. The number of amides is 3. The third-order valence-electron chi connectivity index (χ3n) is 5.92. The number of hydrogen-bond donors (Lipinski definition) is 1. The number of anilines is 2. The van der Waals surface area contributed by atoms with Crippen molar-refractivity contribution in [3.63, 3.8) is 0 Å². The van der Waals surface area contributed by atoms with Crippen molar-refractivity contribution in [1.29, 1.82) is 0 Å². The molecule has 0 fully saturated rings. The molecule has 1 N–H and O–H groups in total. The second-order valence-corrected chi connectivity index (χ2v) is 8.86. The summed E-state index contributed by atoms with van der Waals surface area (Å²) in [6, 6.07) is 17.2. The van der Waals surface area contributed by atoms with E-state index in [1.54, 1.807) is 12.1 Å². The van der Waals surface area contributed by atoms with Crippen molar-refractivity contribution >= 4 is 35.1 Å². The molecule has 0 unspecified atom stereocenters. The molecule has 0 bridgehead atoms. The van der Waals surface area contributed by atoms with Crippen molar-refractivity contribution in [2.24, 2.45) is 0 Å². The number of imide groups is 1. The van der Waals surface area contributed by atoms with Gasteiger partial charge in [0.2, 0.25) is 0 Å². The molecule has 0 aliphatic carbocycles. The van der Waals surface area contributed by atoms with Crippen LogP contribution in [-0.2, 0) is 9.53 Å². The highest BCUT2D eigenvalue weighted by atomic mass is 16.5. The molecule has 3 amide bonds. The van der Waals surface area contributed by atoms with Crippen LogP contribution in [0.5, 0.6) is 0 Å². The monoisotopic (exact) mass is 470 g/mol. The topological polar surface area (TPSA) is 92.8 Å². The molecule has 35 heavy (non-hydrogen) atoms. The maximum atomic E-state index is 13.1. The van der Waals surface area contributed by atoms with Crippen molar-refractivity contribution < 1.29 is 23.9 Å². The Balaban J connectivity index is 1.47. The minimum Gasteiger partial charge on any atom is -0.452 e. The lowest BCUT2D eigenvalue weighted by Crippen LogP contribution is -2.30. The summed E-state index contributed by atoms with van der Waals surface area (Å²) >= 11 is 0. The Morgan fingerprint density at radius 2 is 1.63 bits per heavy atom. The normalized spacial score (nSPS) is 12.7. The van der Waals surface area contributed by atoms with Crippen LogP contribution in [0.3, 0.4) is 0 Å². The molecule has 0 saturated heterocycles. The molecule has 0 saturated carbocycles. The molecular formula is C28H26N2O5. The standard InChI is InChI=1S/C28H26N2O5/c1-16(2)20-7-5-6-8-23(20)29-25(31)15-35-28(34)19-11-12-21-22(14-19)27(33)30(26(21)32)24-13-17(3)9-10-18(24)4/h5-14,16H,15H2,1-4H3,(H,29,31). The summed E-state index contributed by atoms with van der Waals surface area (Å²) < 4.78 is 5.17. The van der Waals surface area contributed by atoms with Gasteiger partial charge in [-0.3, -0.25) is 14.4 Å². The number of para-hydroxylation sites is 1. The third-order valence-corrected chi connectivity index (χ3v) is 5.92. The summed E-state index contributed by atoms with van der Waals surface area (Å²) in [6.45, 7) is 7.26. The smallest absolute Gasteiger partial charge is 0.338 e. The van der Waals surface area contributed by atoms with Crippen molar-refractivity contribution in [2.45, 2.75) is 33.6 Å². The second kappa shape index (κ2) is 9.54. The Labute approximate surface area is 203 Å². The highest BCUT2D eigenvalue weighted by Gasteiger charge is 2.38. The van der Waals surface area contributed by atoms with Gasteiger partial charge in [-0.1, -0.05) is 44.2 Å². The first kappa shape index (κ1) is 23.9. The molecule has 0 atom stereocenters. The Bertz CT molecular complexity index is 1360. The van der Waals surface area contributed by atoms with Gasteiger partial charge in [0, 0.05) is 5.69 Å². The van der Waals surface area contributed by atoms with Crippen molar-refractivity contribution in [2.75, 3.05) is 16.8 Å². The number of aryl methyl sites for hydroxylation is 2. The van der Waals surface area contributed by atoms with Crippen LogP contribution in [0, 0.1) is 13.8 Å². The summed E-state index contributed by atoms with van der Waals surface area (Å²) in [6.07, 6.45) is 0. The molecule has 1 heterocycles. The maximum Gasteiger partial charge on any atom is 0.338 e. The van der Waals surface area contributed by atoms with E-state index < -0.39 is 30.3 Å². The van der Waals surface area contributed by atoms with Gasteiger partial charge < -0.3 is 10.1 Å². The minimum absolute atomic E-state index is 0.0862. The van der Waals surface area contributed by atoms with Gasteiger partial charge in [0.25, 0.3) is 17.7 Å². The Hall–Kier alpha value is -4.26. The number of benzene rings is 3. The first-order valence-electron chi connectivity index (χ1n) is 11.3. The van der Waals surface area contributed by atoms with Crippen LogP contribution in [0.2, 0.25) is 0 Å². The van der Waals surface area contributed by atoms with Gasteiger partial charge >= 0.3 is 5.97 Å². The summed E-state index contributed by atoms with van der Waals surface area (Å²) in [5.41, 5.74) is 4.28. The van der Waals surface area contributed by atoms with Crippen LogP contribution >= 0.6 is 0 Å². The van der Waals surface area contributed by atoms with Crippen LogP contribution < -0.4 is 10.2 Å². The molecule has 4 rings (SSSR count). The number of ether oxygens (including phenoxy) is 1. The Morgan fingerprint density at radius 3 is 2.37 bits per heavy atom. The number of esters is 1. The summed E-state index contributed by atoms with van der Waals surface area (Å²) in [5.74, 6) is -1.97. The molecule has 0 radical (unpaired) electrons. The minimum atomic E-state index is -0.759. The van der Waals surface area contributed by atoms with Gasteiger partial charge in [0.1, 0.15) is 0 Å². The molecule has 7 nitrogen and oxygen atoms in total. The van der Waals surface area contributed by atoms with E-state index >= 15 is 0 Å². The number of rotatable bonds is 6. The van der Waals surface area contributed by atoms with Crippen molar-refractivity contribution in [3.8, 4) is 0 Å². The van der Waals surface area contributed by atoms with Crippen LogP contribution in [-0.4, -0.2) is 30.3 Å². The molecule has 1 aliphatic rings. The molecule has 3 aromatic carbocycles. The predicted octanol–water partition coefficient (Wildman–Crippen LogP) is 5.02. The average Bonchev–Trinajstić information content (AvgIpc) is 3.08. The number of nitrogens with zero attached hydrogens (tertiary/aromatic N) is 1. The van der Waals surface area contributed by atoms with Gasteiger partial charge in [0.05, 0.1) is 22.4 Å². The molecular weight excluding hydrogens is 444 g/mol. The lowest BCUT2D eigenvalue weighted by Gasteiger charge is -2.17. The van der Waals surface area contributed by atoms with Gasteiger partial charge in [-0.25, -0.2) is 9.69 Å². The zero-order valence-corrected chi connectivity index (χ0v) is 20.0. The predicted molar refractivity (Wildman–Crippen MR) is 133 cm³/mol. The lowest BCUT2D eigenvalue weighted by atomic mass is 10.0. The quantitative estimate of drug-likeness (QED) is 0.403. The SMILES string of the molecule is Cc1ccc(C)c(N2C(=O)c3ccc(C(=O)OCC(=O)Nc4ccccc4C(C)C)cc3C2=O)c1. The number of fused-ring (bicyclic) bond motifs is 1. The van der Waals surface area contributed by atoms with Crippen LogP contribution in [0.1, 0.15) is 67.5 Å². The first-order chi connectivity index (χ1) is 16.7. The van der Waals surface area contributed by atoms with E-state index in [4.69, 9.17) is 4.74 Å². The lowest BCUT2D eigenvalue weighted by molar-refractivity contribution is -0.119. The number of nitrogens with one attached hydrogen (secondary N) is 1. The number of carbonyl (C=O) groups excluding carboxylic acids is 4. The Morgan fingerprint density at radius 1 is 0.914 bits per heavy atom. The van der Waals surface area contributed by atoms with E-state index in [1.807, 2.05) is 58.0 Å². The molecule has 178 valence electrons. The van der Waals surface area contributed by atoms with Crippen LogP contribution in [0.15, 0.2) is 60.7 Å². The van der Waals surface area contributed by atoms with Crippen LogP contribution in [0.4, 0.5) is 11.4 Å². The molecule has 0 aromatic heterocycles. The molecule has 1 aliphatic heterocycles. The van der Waals surface area contributed by atoms with E-state index in [2.05, 4.69) is 5.32 Å². The third kappa shape index (κ3) is 4.71. The zero-order valence-electron chi connectivity index (χ0n) is 20.0. The number of hydrogen-bond acceptors (Lipinski definition) is 5.